The first-order valence-corrected chi connectivity index (χ1v) is 11.4. The van der Waals surface area contributed by atoms with E-state index >= 15 is 0 Å². The molecule has 0 amide bonds. The van der Waals surface area contributed by atoms with Crippen molar-refractivity contribution < 1.29 is 0 Å². The smallest absolute Gasteiger partial charge is 0.191 e. The molecule has 0 bridgehead atoms. The van der Waals surface area contributed by atoms with E-state index in [4.69, 9.17) is 4.99 Å². The molecule has 0 radical (unpaired) electrons. The van der Waals surface area contributed by atoms with E-state index < -0.39 is 0 Å². The zero-order valence-corrected chi connectivity index (χ0v) is 21.0. The van der Waals surface area contributed by atoms with E-state index in [1.807, 2.05) is 0 Å². The molecular weight excluding hydrogens is 511 g/mol. The molecule has 7 heteroatoms. The van der Waals surface area contributed by atoms with E-state index in [9.17, 15) is 0 Å². The number of aromatic nitrogens is 3. The highest BCUT2D eigenvalue weighted by Crippen LogP contribution is 2.23. The van der Waals surface area contributed by atoms with Gasteiger partial charge in [-0.25, -0.2) is 4.99 Å². The molecule has 1 aromatic heterocycles. The lowest BCUT2D eigenvalue weighted by Crippen LogP contribution is -2.39. The Kier molecular flexibility index (Phi) is 9.52. The van der Waals surface area contributed by atoms with Crippen LogP contribution >= 0.6 is 24.0 Å². The normalized spacial score (nSPS) is 13.8. The number of fused-ring (bicyclic) bond motifs is 1. The van der Waals surface area contributed by atoms with Crippen molar-refractivity contribution in [3.63, 3.8) is 0 Å². The summed E-state index contributed by atoms with van der Waals surface area (Å²) in [5.41, 5.74) is 2.58. The minimum absolute atomic E-state index is 0. The second-order valence-electron chi connectivity index (χ2n) is 7.94. The van der Waals surface area contributed by atoms with Gasteiger partial charge in [-0.1, -0.05) is 67.1 Å². The number of guanidine groups is 1. The molecule has 0 fully saturated rings. The molecule has 0 aliphatic carbocycles. The van der Waals surface area contributed by atoms with Crippen LogP contribution in [0.5, 0.6) is 0 Å². The number of nitrogens with one attached hydrogen (secondary N) is 2. The third kappa shape index (κ3) is 6.31. The van der Waals surface area contributed by atoms with Crippen LogP contribution < -0.4 is 10.6 Å². The molecule has 6 nitrogen and oxygen atoms in total. The maximum Gasteiger partial charge on any atom is 0.191 e. The maximum absolute atomic E-state index is 4.83. The average Bonchev–Trinajstić information content (AvgIpc) is 3.04. The van der Waals surface area contributed by atoms with E-state index in [1.54, 1.807) is 0 Å². The molecule has 32 heavy (non-hydrogen) atoms. The van der Waals surface area contributed by atoms with Crippen molar-refractivity contribution in [3.8, 4) is 0 Å². The molecule has 0 atom stereocenters. The van der Waals surface area contributed by atoms with Crippen LogP contribution in [0.3, 0.4) is 0 Å². The second-order valence-corrected chi connectivity index (χ2v) is 7.94. The number of rotatable bonds is 7. The number of aliphatic imine (C=N–C) groups is 1. The molecule has 1 aliphatic rings. The van der Waals surface area contributed by atoms with Gasteiger partial charge in [0.15, 0.2) is 11.8 Å². The van der Waals surface area contributed by atoms with Gasteiger partial charge in [0.05, 0.1) is 0 Å². The summed E-state index contributed by atoms with van der Waals surface area (Å²) in [6.45, 7) is 5.19. The molecule has 2 N–H and O–H groups in total. The molecule has 0 saturated carbocycles. The van der Waals surface area contributed by atoms with Gasteiger partial charge in [0, 0.05) is 32.0 Å². The molecule has 0 unspecified atom stereocenters. The van der Waals surface area contributed by atoms with Crippen molar-refractivity contribution in [1.29, 1.82) is 0 Å². The molecule has 3 aromatic rings. The highest BCUT2D eigenvalue weighted by molar-refractivity contribution is 14.0. The quantitative estimate of drug-likeness (QED) is 0.261. The molecule has 0 saturated heterocycles. The number of nitrogens with zero attached hydrogens (tertiary/aromatic N) is 4. The van der Waals surface area contributed by atoms with Crippen molar-refractivity contribution in [2.24, 2.45) is 4.99 Å². The van der Waals surface area contributed by atoms with Gasteiger partial charge in [0.1, 0.15) is 12.4 Å². The van der Waals surface area contributed by atoms with Crippen molar-refractivity contribution >= 4 is 29.9 Å². The lowest BCUT2D eigenvalue weighted by Gasteiger charge is -2.20. The lowest BCUT2D eigenvalue weighted by molar-refractivity contribution is 0.605. The highest BCUT2D eigenvalue weighted by Gasteiger charge is 2.16. The molecule has 1 aliphatic heterocycles. The minimum atomic E-state index is 0. The van der Waals surface area contributed by atoms with E-state index in [1.165, 1.54) is 30.4 Å². The Bertz CT molecular complexity index is 931. The summed E-state index contributed by atoms with van der Waals surface area (Å²) < 4.78 is 2.26. The van der Waals surface area contributed by atoms with E-state index in [0.29, 0.717) is 6.54 Å². The van der Waals surface area contributed by atoms with Crippen LogP contribution in [0, 0.1) is 0 Å². The first-order valence-electron chi connectivity index (χ1n) is 11.4. The maximum atomic E-state index is 4.83. The van der Waals surface area contributed by atoms with Crippen LogP contribution in [0.25, 0.3) is 0 Å². The van der Waals surface area contributed by atoms with Crippen LogP contribution in [-0.2, 0) is 19.5 Å². The Morgan fingerprint density at radius 3 is 2.28 bits per heavy atom. The van der Waals surface area contributed by atoms with Crippen molar-refractivity contribution in [1.82, 2.24) is 25.4 Å². The first kappa shape index (κ1) is 24.2. The number of hydrogen-bond acceptors (Lipinski definition) is 3. The van der Waals surface area contributed by atoms with Gasteiger partial charge in [-0.2, -0.15) is 0 Å². The first-order chi connectivity index (χ1) is 15.3. The standard InChI is InChI=1S/C25H32N6.HI/c1-2-26-25(28-19-24-30-29-23-16-10-5-11-17-31(23)24)27-18-22(20-12-6-3-7-13-20)21-14-8-4-9-15-21;/h3-4,6-9,12-15,22H,2,5,10-11,16-19H2,1H3,(H2,26,27,28);1H. The Morgan fingerprint density at radius 1 is 0.938 bits per heavy atom. The van der Waals surface area contributed by atoms with Gasteiger partial charge >= 0.3 is 0 Å². The van der Waals surface area contributed by atoms with Crippen LogP contribution in [0.2, 0.25) is 0 Å². The van der Waals surface area contributed by atoms with E-state index in [2.05, 4.69) is 93.0 Å². The van der Waals surface area contributed by atoms with Gasteiger partial charge in [0.25, 0.3) is 0 Å². The van der Waals surface area contributed by atoms with Crippen LogP contribution in [-0.4, -0.2) is 33.8 Å². The molecular formula is C25H33IN6. The average molecular weight is 544 g/mol. The van der Waals surface area contributed by atoms with E-state index in [-0.39, 0.29) is 29.9 Å². The Balaban J connectivity index is 0.00000289. The van der Waals surface area contributed by atoms with Gasteiger partial charge in [0.2, 0.25) is 0 Å². The van der Waals surface area contributed by atoms with Gasteiger partial charge < -0.3 is 15.2 Å². The largest absolute Gasteiger partial charge is 0.357 e. The number of benzene rings is 2. The Hall–Kier alpha value is -2.42. The molecule has 2 heterocycles. The van der Waals surface area contributed by atoms with E-state index in [0.717, 1.165) is 43.7 Å². The van der Waals surface area contributed by atoms with Gasteiger partial charge in [-0.05, 0) is 30.9 Å². The van der Waals surface area contributed by atoms with Crippen molar-refractivity contribution in [2.45, 2.75) is 51.6 Å². The Morgan fingerprint density at radius 2 is 1.62 bits per heavy atom. The number of aryl methyl sites for hydroxylation is 1. The summed E-state index contributed by atoms with van der Waals surface area (Å²) in [6.07, 6.45) is 4.67. The van der Waals surface area contributed by atoms with Gasteiger partial charge in [-0.3, -0.25) is 0 Å². The fraction of sp³-hybridized carbons (Fsp3) is 0.400. The van der Waals surface area contributed by atoms with Crippen LogP contribution in [0.15, 0.2) is 65.7 Å². The molecule has 170 valence electrons. The van der Waals surface area contributed by atoms with Crippen LogP contribution in [0.1, 0.15) is 54.9 Å². The predicted octanol–water partition coefficient (Wildman–Crippen LogP) is 4.51. The van der Waals surface area contributed by atoms with Gasteiger partial charge in [-0.15, -0.1) is 34.2 Å². The third-order valence-electron chi connectivity index (χ3n) is 5.79. The summed E-state index contributed by atoms with van der Waals surface area (Å²) in [6, 6.07) is 21.3. The fourth-order valence-electron chi connectivity index (χ4n) is 4.15. The van der Waals surface area contributed by atoms with Crippen molar-refractivity contribution in [2.75, 3.05) is 13.1 Å². The lowest BCUT2D eigenvalue weighted by atomic mass is 9.91. The summed E-state index contributed by atoms with van der Waals surface area (Å²) >= 11 is 0. The SMILES string of the molecule is CCNC(=NCc1nnc2n1CCCCC2)NCC(c1ccccc1)c1ccccc1.I. The minimum Gasteiger partial charge on any atom is -0.357 e. The fourth-order valence-corrected chi connectivity index (χ4v) is 4.15. The number of halogens is 1. The molecule has 2 aromatic carbocycles. The molecule has 0 spiro atoms. The topological polar surface area (TPSA) is 67.1 Å². The Labute approximate surface area is 208 Å². The third-order valence-corrected chi connectivity index (χ3v) is 5.79. The molecule has 4 rings (SSSR count). The predicted molar refractivity (Wildman–Crippen MR) is 141 cm³/mol. The summed E-state index contributed by atoms with van der Waals surface area (Å²) in [4.78, 5) is 4.83. The zero-order chi connectivity index (χ0) is 21.3. The highest BCUT2D eigenvalue weighted by atomic mass is 127. The van der Waals surface area contributed by atoms with Crippen LogP contribution in [0.4, 0.5) is 0 Å². The van der Waals surface area contributed by atoms with Crippen molar-refractivity contribution in [3.05, 3.63) is 83.4 Å². The summed E-state index contributed by atoms with van der Waals surface area (Å²) in [7, 11) is 0. The second kappa shape index (κ2) is 12.6. The zero-order valence-electron chi connectivity index (χ0n) is 18.7. The summed E-state index contributed by atoms with van der Waals surface area (Å²) in [5.74, 6) is 3.12. The number of hydrogen-bond donors (Lipinski definition) is 2. The summed E-state index contributed by atoms with van der Waals surface area (Å²) in [5, 5.41) is 15.7. The monoisotopic (exact) mass is 544 g/mol.